The Morgan fingerprint density at radius 3 is 2.46 bits per heavy atom. The van der Waals surface area contributed by atoms with Crippen molar-refractivity contribution in [3.05, 3.63) is 28.5 Å². The summed E-state index contributed by atoms with van der Waals surface area (Å²) in [7, 11) is 0. The molecule has 1 aliphatic carbocycles. The lowest BCUT2D eigenvalue weighted by Gasteiger charge is -2.09. The lowest BCUT2D eigenvalue weighted by atomic mass is 10.1. The van der Waals surface area contributed by atoms with Crippen LogP contribution in [-0.2, 0) is 5.60 Å². The Morgan fingerprint density at radius 2 is 2.00 bits per heavy atom. The number of aromatic hydroxyl groups is 1. The molecule has 2 N–H and O–H groups in total. The SMILES string of the molecule is Oc1cc(C2(O)CC2)cc(F)c1Cl. The lowest BCUT2D eigenvalue weighted by molar-refractivity contribution is 0.150. The molecule has 0 radical (unpaired) electrons. The topological polar surface area (TPSA) is 40.5 Å². The molecule has 0 spiro atoms. The van der Waals surface area contributed by atoms with Gasteiger partial charge in [-0.25, -0.2) is 4.39 Å². The van der Waals surface area contributed by atoms with E-state index in [1.54, 1.807) is 0 Å². The van der Waals surface area contributed by atoms with E-state index in [4.69, 9.17) is 11.6 Å². The van der Waals surface area contributed by atoms with Crippen LogP contribution in [0.4, 0.5) is 4.39 Å². The summed E-state index contributed by atoms with van der Waals surface area (Å²) in [5.41, 5.74) is -0.546. The predicted octanol–water partition coefficient (Wildman–Crippen LogP) is 2.17. The molecule has 4 heteroatoms. The van der Waals surface area contributed by atoms with Crippen molar-refractivity contribution in [2.24, 2.45) is 0 Å². The number of halogens is 2. The maximum atomic E-state index is 13.0. The van der Waals surface area contributed by atoms with E-state index < -0.39 is 11.4 Å². The Kier molecular flexibility index (Phi) is 1.75. The zero-order valence-corrected chi connectivity index (χ0v) is 7.48. The van der Waals surface area contributed by atoms with Crippen LogP contribution in [0.1, 0.15) is 18.4 Å². The number of phenolic OH excluding ortho intramolecular Hbond substituents is 1. The molecule has 13 heavy (non-hydrogen) atoms. The lowest BCUT2D eigenvalue weighted by Crippen LogP contribution is -2.04. The third kappa shape index (κ3) is 1.38. The summed E-state index contributed by atoms with van der Waals surface area (Å²) >= 11 is 5.41. The molecule has 1 fully saturated rings. The van der Waals surface area contributed by atoms with E-state index in [1.165, 1.54) is 6.07 Å². The van der Waals surface area contributed by atoms with Gasteiger partial charge in [0.25, 0.3) is 0 Å². The normalized spacial score (nSPS) is 18.7. The molecule has 0 saturated heterocycles. The molecular weight excluding hydrogens is 195 g/mol. The number of benzene rings is 1. The Hall–Kier alpha value is -0.800. The number of phenols is 1. The van der Waals surface area contributed by atoms with Gasteiger partial charge in [0, 0.05) is 0 Å². The number of aliphatic hydroxyl groups is 1. The second-order valence-electron chi connectivity index (χ2n) is 3.32. The molecule has 0 atom stereocenters. The maximum absolute atomic E-state index is 13.0. The first-order chi connectivity index (χ1) is 6.03. The van der Waals surface area contributed by atoms with Gasteiger partial charge in [-0.1, -0.05) is 11.6 Å². The standard InChI is InChI=1S/C9H8ClFO2/c10-8-6(11)3-5(4-7(8)12)9(13)1-2-9/h3-4,12-13H,1-2H2. The molecule has 0 bridgehead atoms. The minimum atomic E-state index is -0.942. The summed E-state index contributed by atoms with van der Waals surface area (Å²) < 4.78 is 13.0. The first kappa shape index (κ1) is 8.78. The molecule has 1 aromatic rings. The van der Waals surface area contributed by atoms with Crippen LogP contribution < -0.4 is 0 Å². The highest BCUT2D eigenvalue weighted by atomic mass is 35.5. The van der Waals surface area contributed by atoms with E-state index in [0.29, 0.717) is 18.4 Å². The smallest absolute Gasteiger partial charge is 0.145 e. The molecule has 0 amide bonds. The highest BCUT2D eigenvalue weighted by Gasteiger charge is 2.42. The Balaban J connectivity index is 2.50. The Labute approximate surface area is 79.6 Å². The van der Waals surface area contributed by atoms with Crippen molar-refractivity contribution in [3.8, 4) is 5.75 Å². The first-order valence-electron chi connectivity index (χ1n) is 3.94. The van der Waals surface area contributed by atoms with Gasteiger partial charge < -0.3 is 10.2 Å². The van der Waals surface area contributed by atoms with Gasteiger partial charge in [-0.2, -0.15) is 0 Å². The van der Waals surface area contributed by atoms with Gasteiger partial charge in [-0.15, -0.1) is 0 Å². The van der Waals surface area contributed by atoms with Crippen molar-refractivity contribution >= 4 is 11.6 Å². The summed E-state index contributed by atoms with van der Waals surface area (Å²) in [6, 6.07) is 2.47. The minimum Gasteiger partial charge on any atom is -0.506 e. The molecule has 2 nitrogen and oxygen atoms in total. The van der Waals surface area contributed by atoms with E-state index in [1.807, 2.05) is 0 Å². The van der Waals surface area contributed by atoms with Crippen LogP contribution in [0.25, 0.3) is 0 Å². The summed E-state index contributed by atoms with van der Waals surface area (Å²) in [6.07, 6.45) is 1.21. The molecule has 1 aromatic carbocycles. The second-order valence-corrected chi connectivity index (χ2v) is 3.70. The highest BCUT2D eigenvalue weighted by Crippen LogP contribution is 2.47. The van der Waals surface area contributed by atoms with Crippen LogP contribution in [0, 0.1) is 5.82 Å². The molecule has 70 valence electrons. The quantitative estimate of drug-likeness (QED) is 0.733. The van der Waals surface area contributed by atoms with Crippen molar-refractivity contribution in [2.45, 2.75) is 18.4 Å². The molecule has 0 unspecified atom stereocenters. The van der Waals surface area contributed by atoms with Crippen molar-refractivity contribution < 1.29 is 14.6 Å². The average Bonchev–Trinajstić information content (AvgIpc) is 2.80. The maximum Gasteiger partial charge on any atom is 0.145 e. The number of hydrogen-bond acceptors (Lipinski definition) is 2. The van der Waals surface area contributed by atoms with Crippen molar-refractivity contribution in [1.29, 1.82) is 0 Å². The van der Waals surface area contributed by atoms with Gasteiger partial charge in [0.05, 0.1) is 5.60 Å². The van der Waals surface area contributed by atoms with E-state index in [2.05, 4.69) is 0 Å². The van der Waals surface area contributed by atoms with Crippen LogP contribution >= 0.6 is 11.6 Å². The molecule has 1 saturated carbocycles. The zero-order chi connectivity index (χ0) is 9.64. The van der Waals surface area contributed by atoms with E-state index in [0.717, 1.165) is 6.07 Å². The number of rotatable bonds is 1. The fourth-order valence-corrected chi connectivity index (χ4v) is 1.36. The Morgan fingerprint density at radius 1 is 1.38 bits per heavy atom. The van der Waals surface area contributed by atoms with Gasteiger partial charge in [-0.05, 0) is 30.5 Å². The molecule has 0 aromatic heterocycles. The summed E-state index contributed by atoms with van der Waals surface area (Å²) in [6.45, 7) is 0. The van der Waals surface area contributed by atoms with Gasteiger partial charge >= 0.3 is 0 Å². The monoisotopic (exact) mass is 202 g/mol. The van der Waals surface area contributed by atoms with Gasteiger partial charge in [-0.3, -0.25) is 0 Å². The summed E-state index contributed by atoms with van der Waals surface area (Å²) in [5, 5.41) is 18.5. The Bertz CT molecular complexity index is 338. The third-order valence-electron chi connectivity index (χ3n) is 2.27. The van der Waals surface area contributed by atoms with E-state index in [9.17, 15) is 14.6 Å². The number of hydrogen-bond donors (Lipinski definition) is 2. The van der Waals surface area contributed by atoms with Crippen LogP contribution in [-0.4, -0.2) is 10.2 Å². The van der Waals surface area contributed by atoms with Crippen LogP contribution in [0.3, 0.4) is 0 Å². The second kappa shape index (κ2) is 2.59. The molecule has 1 aliphatic rings. The van der Waals surface area contributed by atoms with Crippen LogP contribution in [0.5, 0.6) is 5.75 Å². The fourth-order valence-electron chi connectivity index (χ4n) is 1.25. The van der Waals surface area contributed by atoms with Crippen molar-refractivity contribution in [3.63, 3.8) is 0 Å². The average molecular weight is 203 g/mol. The molecule has 0 aliphatic heterocycles. The summed E-state index contributed by atoms with van der Waals surface area (Å²) in [4.78, 5) is 0. The first-order valence-corrected chi connectivity index (χ1v) is 4.31. The minimum absolute atomic E-state index is 0.298. The highest BCUT2D eigenvalue weighted by molar-refractivity contribution is 6.32. The predicted molar refractivity (Wildman–Crippen MR) is 46.2 cm³/mol. The molecule has 2 rings (SSSR count). The fraction of sp³-hybridized carbons (Fsp3) is 0.333. The van der Waals surface area contributed by atoms with E-state index in [-0.39, 0.29) is 10.8 Å². The zero-order valence-electron chi connectivity index (χ0n) is 6.72. The van der Waals surface area contributed by atoms with E-state index >= 15 is 0 Å². The van der Waals surface area contributed by atoms with Crippen molar-refractivity contribution in [1.82, 2.24) is 0 Å². The van der Waals surface area contributed by atoms with Gasteiger partial charge in [0.1, 0.15) is 16.6 Å². The van der Waals surface area contributed by atoms with Gasteiger partial charge in [0.2, 0.25) is 0 Å². The summed E-state index contributed by atoms with van der Waals surface area (Å²) in [5.74, 6) is -1.02. The van der Waals surface area contributed by atoms with Crippen LogP contribution in [0.2, 0.25) is 5.02 Å². The molecule has 0 heterocycles. The van der Waals surface area contributed by atoms with Crippen molar-refractivity contribution in [2.75, 3.05) is 0 Å². The van der Waals surface area contributed by atoms with Crippen LogP contribution in [0.15, 0.2) is 12.1 Å². The van der Waals surface area contributed by atoms with Gasteiger partial charge in [0.15, 0.2) is 0 Å². The largest absolute Gasteiger partial charge is 0.506 e. The third-order valence-corrected chi connectivity index (χ3v) is 2.64. The molecular formula is C9H8ClFO2.